The molecular formula is C13H16N4O4. The maximum atomic E-state index is 11.6. The summed E-state index contributed by atoms with van der Waals surface area (Å²) in [6.07, 6.45) is 5.04. The Bertz CT molecular complexity index is 571. The van der Waals surface area contributed by atoms with Gasteiger partial charge in [-0.3, -0.25) is 4.79 Å². The number of fused-ring (bicyclic) bond motifs is 1. The van der Waals surface area contributed by atoms with Gasteiger partial charge >= 0.3 is 6.09 Å². The predicted octanol–water partition coefficient (Wildman–Crippen LogP) is 1.62. The van der Waals surface area contributed by atoms with E-state index >= 15 is 0 Å². The van der Waals surface area contributed by atoms with Crippen LogP contribution in [0.25, 0.3) is 0 Å². The van der Waals surface area contributed by atoms with Crippen LogP contribution in [0.15, 0.2) is 6.20 Å². The summed E-state index contributed by atoms with van der Waals surface area (Å²) in [6, 6.07) is -0.116. The van der Waals surface area contributed by atoms with Crippen LogP contribution in [0, 0.1) is 0 Å². The fraction of sp³-hybridized carbons (Fsp3) is 0.538. The Morgan fingerprint density at radius 2 is 2.14 bits per heavy atom. The summed E-state index contributed by atoms with van der Waals surface area (Å²) in [6.45, 7) is -0.0824. The first-order valence-electron chi connectivity index (χ1n) is 6.97. The van der Waals surface area contributed by atoms with Crippen LogP contribution >= 0.6 is 0 Å². The van der Waals surface area contributed by atoms with Gasteiger partial charge in [-0.2, -0.15) is 4.98 Å². The molecule has 0 aromatic carbocycles. The monoisotopic (exact) mass is 292 g/mol. The molecule has 0 atom stereocenters. The van der Waals surface area contributed by atoms with Crippen molar-refractivity contribution >= 4 is 23.8 Å². The van der Waals surface area contributed by atoms with Crippen LogP contribution in [0.3, 0.4) is 0 Å². The molecule has 1 aliphatic carbocycles. The molecular weight excluding hydrogens is 276 g/mol. The molecule has 1 saturated carbocycles. The van der Waals surface area contributed by atoms with Crippen molar-refractivity contribution in [2.45, 2.75) is 38.1 Å². The van der Waals surface area contributed by atoms with Crippen LogP contribution in [0.1, 0.15) is 32.1 Å². The zero-order chi connectivity index (χ0) is 14.8. The summed E-state index contributed by atoms with van der Waals surface area (Å²) < 4.78 is 5.17. The highest BCUT2D eigenvalue weighted by Gasteiger charge is 2.30. The third-order valence-corrected chi connectivity index (χ3v) is 3.72. The van der Waals surface area contributed by atoms with E-state index in [2.05, 4.69) is 15.3 Å². The summed E-state index contributed by atoms with van der Waals surface area (Å²) in [5.41, 5.74) is 0. The highest BCUT2D eigenvalue weighted by atomic mass is 16.5. The van der Waals surface area contributed by atoms with Gasteiger partial charge in [0.1, 0.15) is 0 Å². The van der Waals surface area contributed by atoms with E-state index in [1.54, 1.807) is 0 Å². The Balaban J connectivity index is 1.90. The summed E-state index contributed by atoms with van der Waals surface area (Å²) in [7, 11) is 0. The van der Waals surface area contributed by atoms with Gasteiger partial charge in [-0.15, -0.1) is 0 Å². The average Bonchev–Trinajstić information content (AvgIpc) is 2.48. The Hall–Kier alpha value is -2.38. The third kappa shape index (κ3) is 2.74. The van der Waals surface area contributed by atoms with Crippen molar-refractivity contribution in [3.05, 3.63) is 6.20 Å². The molecule has 0 unspecified atom stereocenters. The lowest BCUT2D eigenvalue weighted by atomic mass is 9.94. The van der Waals surface area contributed by atoms with Gasteiger partial charge in [0.15, 0.2) is 18.2 Å². The van der Waals surface area contributed by atoms with E-state index in [0.29, 0.717) is 5.75 Å². The molecule has 2 N–H and O–H groups in total. The second kappa shape index (κ2) is 5.55. The first-order chi connectivity index (χ1) is 10.1. The SMILES string of the molecule is O=C1COc2cnc(N(C(=O)O)C3CCCCC3)nc2N1. The highest BCUT2D eigenvalue weighted by Crippen LogP contribution is 2.30. The van der Waals surface area contributed by atoms with Gasteiger partial charge in [-0.1, -0.05) is 19.3 Å². The van der Waals surface area contributed by atoms with Crippen molar-refractivity contribution in [3.63, 3.8) is 0 Å². The fourth-order valence-electron chi connectivity index (χ4n) is 2.73. The van der Waals surface area contributed by atoms with E-state index in [1.165, 1.54) is 11.1 Å². The smallest absolute Gasteiger partial charge is 0.414 e. The number of hydrogen-bond donors (Lipinski definition) is 2. The van der Waals surface area contributed by atoms with E-state index in [0.717, 1.165) is 32.1 Å². The van der Waals surface area contributed by atoms with Crippen LogP contribution in [-0.2, 0) is 4.79 Å². The number of anilines is 2. The van der Waals surface area contributed by atoms with Crippen LogP contribution in [0.4, 0.5) is 16.6 Å². The molecule has 112 valence electrons. The maximum Gasteiger partial charge on any atom is 0.414 e. The molecule has 1 aromatic rings. The molecule has 2 heterocycles. The lowest BCUT2D eigenvalue weighted by Gasteiger charge is -2.31. The molecule has 0 bridgehead atoms. The molecule has 1 aromatic heterocycles. The normalized spacial score (nSPS) is 18.4. The van der Waals surface area contributed by atoms with Gasteiger partial charge in [0.25, 0.3) is 5.91 Å². The number of amides is 2. The van der Waals surface area contributed by atoms with Gasteiger partial charge in [-0.05, 0) is 12.8 Å². The maximum absolute atomic E-state index is 11.6. The largest absolute Gasteiger partial charge is 0.478 e. The summed E-state index contributed by atoms with van der Waals surface area (Å²) in [5.74, 6) is 0.344. The van der Waals surface area contributed by atoms with Gasteiger partial charge in [0, 0.05) is 6.04 Å². The molecule has 2 aliphatic rings. The topological polar surface area (TPSA) is 105 Å². The van der Waals surface area contributed by atoms with Crippen LogP contribution in [-0.4, -0.2) is 39.7 Å². The molecule has 2 amide bonds. The number of nitrogens with zero attached hydrogens (tertiary/aromatic N) is 3. The van der Waals surface area contributed by atoms with Crippen molar-refractivity contribution in [2.75, 3.05) is 16.8 Å². The van der Waals surface area contributed by atoms with Gasteiger partial charge in [0.2, 0.25) is 5.95 Å². The first kappa shape index (κ1) is 13.6. The van der Waals surface area contributed by atoms with E-state index in [1.807, 2.05) is 0 Å². The number of carboxylic acid groups (broad SMARTS) is 1. The predicted molar refractivity (Wildman–Crippen MR) is 73.5 cm³/mol. The second-order valence-electron chi connectivity index (χ2n) is 5.16. The minimum atomic E-state index is -1.08. The quantitative estimate of drug-likeness (QED) is 0.858. The molecule has 0 radical (unpaired) electrons. The molecule has 8 nitrogen and oxygen atoms in total. The Kier molecular flexibility index (Phi) is 3.59. The zero-order valence-corrected chi connectivity index (χ0v) is 11.4. The fourth-order valence-corrected chi connectivity index (χ4v) is 2.73. The number of rotatable bonds is 2. The number of aromatic nitrogens is 2. The third-order valence-electron chi connectivity index (χ3n) is 3.72. The number of ether oxygens (including phenoxy) is 1. The summed E-state index contributed by atoms with van der Waals surface area (Å²) in [5, 5.41) is 12.0. The van der Waals surface area contributed by atoms with Crippen LogP contribution < -0.4 is 15.0 Å². The van der Waals surface area contributed by atoms with E-state index < -0.39 is 6.09 Å². The average molecular weight is 292 g/mol. The van der Waals surface area contributed by atoms with Gasteiger partial charge in [0.05, 0.1) is 6.20 Å². The van der Waals surface area contributed by atoms with E-state index in [4.69, 9.17) is 4.74 Å². The zero-order valence-electron chi connectivity index (χ0n) is 11.4. The lowest BCUT2D eigenvalue weighted by Crippen LogP contribution is -2.42. The van der Waals surface area contributed by atoms with Gasteiger partial charge in [-0.25, -0.2) is 14.7 Å². The van der Waals surface area contributed by atoms with Crippen molar-refractivity contribution < 1.29 is 19.4 Å². The Morgan fingerprint density at radius 3 is 2.86 bits per heavy atom. The van der Waals surface area contributed by atoms with Crippen molar-refractivity contribution in [1.82, 2.24) is 9.97 Å². The minimum Gasteiger partial charge on any atom is -0.478 e. The van der Waals surface area contributed by atoms with Crippen LogP contribution in [0.2, 0.25) is 0 Å². The molecule has 0 spiro atoms. The van der Waals surface area contributed by atoms with Gasteiger partial charge < -0.3 is 15.2 Å². The number of hydrogen-bond acceptors (Lipinski definition) is 5. The summed E-state index contributed by atoms with van der Waals surface area (Å²) >= 11 is 0. The molecule has 1 aliphatic heterocycles. The second-order valence-corrected chi connectivity index (χ2v) is 5.16. The Morgan fingerprint density at radius 1 is 1.38 bits per heavy atom. The molecule has 8 heteroatoms. The molecule has 3 rings (SSSR count). The van der Waals surface area contributed by atoms with Crippen molar-refractivity contribution in [1.29, 1.82) is 0 Å². The number of carbonyl (C=O) groups is 2. The number of carbonyl (C=O) groups excluding carboxylic acids is 1. The standard InChI is InChI=1S/C13H16N4O4/c18-10-7-21-9-6-14-12(16-11(9)15-10)17(13(19)20)8-4-2-1-3-5-8/h6,8H,1-5,7H2,(H,19,20)(H,14,15,16,18). The van der Waals surface area contributed by atoms with Crippen molar-refractivity contribution in [3.8, 4) is 5.75 Å². The highest BCUT2D eigenvalue weighted by molar-refractivity contribution is 5.94. The van der Waals surface area contributed by atoms with E-state index in [-0.39, 0.29) is 30.3 Å². The molecule has 0 saturated heterocycles. The lowest BCUT2D eigenvalue weighted by molar-refractivity contribution is -0.118. The van der Waals surface area contributed by atoms with Crippen molar-refractivity contribution in [2.24, 2.45) is 0 Å². The van der Waals surface area contributed by atoms with Crippen LogP contribution in [0.5, 0.6) is 5.75 Å². The minimum absolute atomic E-state index is 0.0824. The molecule has 1 fully saturated rings. The first-order valence-corrected chi connectivity index (χ1v) is 6.97. The van der Waals surface area contributed by atoms with E-state index in [9.17, 15) is 14.7 Å². The Labute approximate surface area is 121 Å². The summed E-state index contributed by atoms with van der Waals surface area (Å²) in [4.78, 5) is 32.3. The number of nitrogens with one attached hydrogen (secondary N) is 1. The molecule has 21 heavy (non-hydrogen) atoms.